The summed E-state index contributed by atoms with van der Waals surface area (Å²) in [6.45, 7) is 0. The molecule has 1 aliphatic heterocycles. The number of hydrogen-bond donors (Lipinski definition) is 1. The molecule has 3 aromatic rings. The molecular weight excluding hydrogens is 380 g/mol. The maximum atomic E-state index is 13.2. The van der Waals surface area contributed by atoms with E-state index in [9.17, 15) is 13.2 Å². The van der Waals surface area contributed by atoms with Gasteiger partial charge in [-0.05, 0) is 30.3 Å². The predicted octanol–water partition coefficient (Wildman–Crippen LogP) is 3.25. The number of ether oxygens (including phenoxy) is 2. The van der Waals surface area contributed by atoms with Crippen LogP contribution in [0.2, 0.25) is 0 Å². The van der Waals surface area contributed by atoms with Crippen molar-refractivity contribution in [2.45, 2.75) is 4.90 Å². The fourth-order valence-corrected chi connectivity index (χ4v) is 4.70. The molecule has 4 rings (SSSR count). The van der Waals surface area contributed by atoms with Gasteiger partial charge in [0.2, 0.25) is 0 Å². The van der Waals surface area contributed by atoms with E-state index in [1.807, 2.05) is 0 Å². The standard InChI is InChI=1S/C20H18N2O5S/c1-22-16-8-10-18(13-5-4-6-14(19(13)16)20(22)23)28(24,25)21-15-11-12(26-2)7-9-17(15)27-3/h4-11,21H,1-3H3. The first-order valence-corrected chi connectivity index (χ1v) is 9.94. The van der Waals surface area contributed by atoms with E-state index in [1.54, 1.807) is 49.5 Å². The molecule has 0 radical (unpaired) electrons. The molecule has 0 bridgehead atoms. The van der Waals surface area contributed by atoms with Gasteiger partial charge < -0.3 is 14.4 Å². The first-order valence-electron chi connectivity index (χ1n) is 8.46. The maximum absolute atomic E-state index is 13.2. The largest absolute Gasteiger partial charge is 0.497 e. The third kappa shape index (κ3) is 2.65. The molecular formula is C20H18N2O5S. The zero-order valence-electron chi connectivity index (χ0n) is 15.5. The van der Waals surface area contributed by atoms with Crippen LogP contribution in [0, 0.1) is 0 Å². The number of hydrogen-bond acceptors (Lipinski definition) is 5. The molecule has 0 spiro atoms. The van der Waals surface area contributed by atoms with Crippen molar-refractivity contribution in [3.63, 3.8) is 0 Å². The highest BCUT2D eigenvalue weighted by Crippen LogP contribution is 2.40. The van der Waals surface area contributed by atoms with Gasteiger partial charge in [0.15, 0.2) is 0 Å². The number of sulfonamides is 1. The molecule has 0 saturated heterocycles. The van der Waals surface area contributed by atoms with Gasteiger partial charge in [0.05, 0.1) is 30.5 Å². The van der Waals surface area contributed by atoms with Crippen LogP contribution in [0.4, 0.5) is 11.4 Å². The topological polar surface area (TPSA) is 84.9 Å². The van der Waals surface area contributed by atoms with Crippen molar-refractivity contribution in [3.05, 3.63) is 54.1 Å². The second-order valence-electron chi connectivity index (χ2n) is 6.35. The molecule has 0 fully saturated rings. The van der Waals surface area contributed by atoms with E-state index in [2.05, 4.69) is 4.72 Å². The molecule has 1 aliphatic rings. The zero-order valence-corrected chi connectivity index (χ0v) is 16.3. The monoisotopic (exact) mass is 398 g/mol. The van der Waals surface area contributed by atoms with Gasteiger partial charge in [-0.15, -0.1) is 0 Å². The first-order chi connectivity index (χ1) is 13.4. The van der Waals surface area contributed by atoms with Gasteiger partial charge in [-0.2, -0.15) is 0 Å². The number of nitrogens with zero attached hydrogens (tertiary/aromatic N) is 1. The van der Waals surface area contributed by atoms with E-state index < -0.39 is 10.0 Å². The van der Waals surface area contributed by atoms with Crippen LogP contribution in [0.5, 0.6) is 11.5 Å². The summed E-state index contributed by atoms with van der Waals surface area (Å²) in [5.74, 6) is 0.703. The summed E-state index contributed by atoms with van der Waals surface area (Å²) in [6.07, 6.45) is 0. The van der Waals surface area contributed by atoms with Crippen molar-refractivity contribution < 1.29 is 22.7 Å². The third-order valence-electron chi connectivity index (χ3n) is 4.82. The third-order valence-corrected chi connectivity index (χ3v) is 6.24. The van der Waals surface area contributed by atoms with Crippen molar-refractivity contribution in [3.8, 4) is 11.5 Å². The molecule has 28 heavy (non-hydrogen) atoms. The van der Waals surface area contributed by atoms with Crippen molar-refractivity contribution >= 4 is 38.1 Å². The lowest BCUT2D eigenvalue weighted by molar-refractivity contribution is 0.0999. The Hall–Kier alpha value is -3.26. The SMILES string of the molecule is COc1ccc(OC)c(NS(=O)(=O)c2ccc3c4c(cccc24)C(=O)N3C)c1. The highest BCUT2D eigenvalue weighted by molar-refractivity contribution is 7.93. The van der Waals surface area contributed by atoms with Crippen LogP contribution in [0.3, 0.4) is 0 Å². The minimum absolute atomic E-state index is 0.0843. The molecule has 0 aromatic heterocycles. The fourth-order valence-electron chi connectivity index (χ4n) is 3.44. The van der Waals surface area contributed by atoms with Gasteiger partial charge >= 0.3 is 0 Å². The second-order valence-corrected chi connectivity index (χ2v) is 8.00. The van der Waals surface area contributed by atoms with Crippen molar-refractivity contribution in [2.24, 2.45) is 0 Å². The molecule has 1 heterocycles. The van der Waals surface area contributed by atoms with Crippen LogP contribution in [-0.4, -0.2) is 35.6 Å². The Morgan fingerprint density at radius 2 is 1.79 bits per heavy atom. The second kappa shape index (κ2) is 6.42. The Kier molecular flexibility index (Phi) is 4.15. The highest BCUT2D eigenvalue weighted by atomic mass is 32.2. The maximum Gasteiger partial charge on any atom is 0.262 e. The van der Waals surface area contributed by atoms with Gasteiger partial charge in [-0.1, -0.05) is 12.1 Å². The summed E-state index contributed by atoms with van der Waals surface area (Å²) in [6, 6.07) is 13.1. The Morgan fingerprint density at radius 3 is 2.50 bits per heavy atom. The van der Waals surface area contributed by atoms with Crippen molar-refractivity contribution in [1.29, 1.82) is 0 Å². The van der Waals surface area contributed by atoms with E-state index in [-0.39, 0.29) is 16.5 Å². The average Bonchev–Trinajstić information content (AvgIpc) is 2.94. The number of benzene rings is 3. The smallest absolute Gasteiger partial charge is 0.262 e. The van der Waals surface area contributed by atoms with Crippen LogP contribution in [-0.2, 0) is 10.0 Å². The molecule has 0 saturated carbocycles. The van der Waals surface area contributed by atoms with E-state index >= 15 is 0 Å². The Balaban J connectivity index is 1.87. The molecule has 8 heteroatoms. The van der Waals surface area contributed by atoms with Crippen LogP contribution in [0.1, 0.15) is 10.4 Å². The number of carbonyl (C=O) groups excluding carboxylic acids is 1. The molecule has 0 aliphatic carbocycles. The van der Waals surface area contributed by atoms with Crippen LogP contribution in [0.25, 0.3) is 10.8 Å². The van der Waals surface area contributed by atoms with Crippen LogP contribution < -0.4 is 19.1 Å². The lowest BCUT2D eigenvalue weighted by atomic mass is 10.1. The Labute approximate surface area is 162 Å². The molecule has 144 valence electrons. The normalized spacial score (nSPS) is 13.1. The van der Waals surface area contributed by atoms with E-state index in [1.165, 1.54) is 25.2 Å². The van der Waals surface area contributed by atoms with Crippen LogP contribution >= 0.6 is 0 Å². The lowest BCUT2D eigenvalue weighted by Gasteiger charge is -2.15. The summed E-state index contributed by atoms with van der Waals surface area (Å²) in [7, 11) is 0.673. The highest BCUT2D eigenvalue weighted by Gasteiger charge is 2.30. The lowest BCUT2D eigenvalue weighted by Crippen LogP contribution is -2.20. The molecule has 0 unspecified atom stereocenters. The number of amides is 1. The summed E-state index contributed by atoms with van der Waals surface area (Å²) in [5.41, 5.74) is 1.44. The Morgan fingerprint density at radius 1 is 1.00 bits per heavy atom. The average molecular weight is 398 g/mol. The molecule has 7 nitrogen and oxygen atoms in total. The minimum Gasteiger partial charge on any atom is -0.497 e. The van der Waals surface area contributed by atoms with E-state index in [4.69, 9.17) is 9.47 Å². The van der Waals surface area contributed by atoms with Crippen molar-refractivity contribution in [1.82, 2.24) is 0 Å². The molecule has 1 amide bonds. The molecule has 3 aromatic carbocycles. The van der Waals surface area contributed by atoms with Gasteiger partial charge in [0.25, 0.3) is 15.9 Å². The van der Waals surface area contributed by atoms with Gasteiger partial charge in [-0.25, -0.2) is 8.42 Å². The Bertz CT molecular complexity index is 1220. The quantitative estimate of drug-likeness (QED) is 0.713. The predicted molar refractivity (Wildman–Crippen MR) is 107 cm³/mol. The molecule has 1 N–H and O–H groups in total. The van der Waals surface area contributed by atoms with E-state index in [0.717, 1.165) is 0 Å². The first kappa shape index (κ1) is 18.1. The zero-order chi connectivity index (χ0) is 20.1. The molecule has 0 atom stereocenters. The van der Waals surface area contributed by atoms with Crippen molar-refractivity contribution in [2.75, 3.05) is 30.9 Å². The summed E-state index contributed by atoms with van der Waals surface area (Å²) >= 11 is 0. The number of nitrogens with one attached hydrogen (secondary N) is 1. The van der Waals surface area contributed by atoms with Gasteiger partial charge in [-0.3, -0.25) is 9.52 Å². The van der Waals surface area contributed by atoms with Gasteiger partial charge in [0, 0.05) is 29.4 Å². The van der Waals surface area contributed by atoms with Crippen LogP contribution in [0.15, 0.2) is 53.4 Å². The van der Waals surface area contributed by atoms with Gasteiger partial charge in [0.1, 0.15) is 11.5 Å². The van der Waals surface area contributed by atoms with E-state index in [0.29, 0.717) is 33.5 Å². The number of carbonyl (C=O) groups is 1. The summed E-state index contributed by atoms with van der Waals surface area (Å²) < 4.78 is 39.4. The number of rotatable bonds is 5. The number of methoxy groups -OCH3 is 2. The fraction of sp³-hybridized carbons (Fsp3) is 0.150. The summed E-state index contributed by atoms with van der Waals surface area (Å²) in [5, 5.41) is 1.12. The summed E-state index contributed by atoms with van der Waals surface area (Å²) in [4.78, 5) is 14.0. The minimum atomic E-state index is -3.95. The number of anilines is 2.